The molecule has 0 unspecified atom stereocenters. The molecule has 1 saturated carbocycles. The fraction of sp³-hybridized carbons (Fsp3) is 1.00. The first-order valence-electron chi connectivity index (χ1n) is 5.67. The van der Waals surface area contributed by atoms with Gasteiger partial charge in [0.05, 0.1) is 6.10 Å². The van der Waals surface area contributed by atoms with E-state index < -0.39 is 0 Å². The first-order valence-corrected chi connectivity index (χ1v) is 5.67. The number of aliphatic hydroxyl groups is 1. The molecular formula is C12H24O. The summed E-state index contributed by atoms with van der Waals surface area (Å²) in [6, 6.07) is 0. The van der Waals surface area contributed by atoms with Crippen LogP contribution in [0.3, 0.4) is 0 Å². The highest BCUT2D eigenvalue weighted by atomic mass is 16.3. The standard InChI is InChI=1S/C12H24O/c1-12(2,3)9-5-7-10-6-4-8-11(10)13/h10-11,13H,4-9H2,1-3H3/t10-,11+/m0/s1. The van der Waals surface area contributed by atoms with Crippen LogP contribution in [0.25, 0.3) is 0 Å². The van der Waals surface area contributed by atoms with Gasteiger partial charge in [-0.05, 0) is 37.0 Å². The Kier molecular flexibility index (Phi) is 3.78. The SMILES string of the molecule is CC(C)(C)CCC[C@@H]1CCC[C@H]1O. The maximum atomic E-state index is 9.62. The van der Waals surface area contributed by atoms with Crippen molar-refractivity contribution >= 4 is 0 Å². The summed E-state index contributed by atoms with van der Waals surface area (Å²) in [5.41, 5.74) is 0.462. The van der Waals surface area contributed by atoms with Crippen molar-refractivity contribution in [3.8, 4) is 0 Å². The van der Waals surface area contributed by atoms with Gasteiger partial charge in [-0.1, -0.05) is 33.6 Å². The van der Waals surface area contributed by atoms with Gasteiger partial charge in [0.25, 0.3) is 0 Å². The fourth-order valence-corrected chi connectivity index (χ4v) is 2.25. The van der Waals surface area contributed by atoms with Gasteiger partial charge in [-0.15, -0.1) is 0 Å². The van der Waals surface area contributed by atoms with Crippen molar-refractivity contribution in [1.82, 2.24) is 0 Å². The van der Waals surface area contributed by atoms with E-state index in [-0.39, 0.29) is 6.10 Å². The summed E-state index contributed by atoms with van der Waals surface area (Å²) in [6.07, 6.45) is 7.35. The van der Waals surface area contributed by atoms with Gasteiger partial charge < -0.3 is 5.11 Å². The van der Waals surface area contributed by atoms with Gasteiger partial charge >= 0.3 is 0 Å². The lowest BCUT2D eigenvalue weighted by molar-refractivity contribution is 0.124. The molecule has 1 nitrogen and oxygen atoms in total. The van der Waals surface area contributed by atoms with Crippen LogP contribution >= 0.6 is 0 Å². The lowest BCUT2D eigenvalue weighted by atomic mass is 9.87. The van der Waals surface area contributed by atoms with E-state index in [0.29, 0.717) is 11.3 Å². The van der Waals surface area contributed by atoms with E-state index in [9.17, 15) is 5.11 Å². The van der Waals surface area contributed by atoms with Crippen molar-refractivity contribution in [2.24, 2.45) is 11.3 Å². The van der Waals surface area contributed by atoms with Crippen LogP contribution in [-0.2, 0) is 0 Å². The molecule has 0 aromatic heterocycles. The smallest absolute Gasteiger partial charge is 0.0568 e. The monoisotopic (exact) mass is 184 g/mol. The summed E-state index contributed by atoms with van der Waals surface area (Å²) in [7, 11) is 0. The van der Waals surface area contributed by atoms with Crippen LogP contribution in [0.5, 0.6) is 0 Å². The Morgan fingerprint density at radius 3 is 2.38 bits per heavy atom. The van der Waals surface area contributed by atoms with Crippen LogP contribution in [0.1, 0.15) is 59.3 Å². The average Bonchev–Trinajstić information content (AvgIpc) is 2.34. The lowest BCUT2D eigenvalue weighted by Crippen LogP contribution is -2.14. The minimum atomic E-state index is 0.0139. The molecular weight excluding hydrogens is 160 g/mol. The van der Waals surface area contributed by atoms with Crippen LogP contribution in [0.4, 0.5) is 0 Å². The van der Waals surface area contributed by atoms with Gasteiger partial charge in [0, 0.05) is 0 Å². The van der Waals surface area contributed by atoms with Crippen molar-refractivity contribution < 1.29 is 5.11 Å². The van der Waals surface area contributed by atoms with E-state index in [1.54, 1.807) is 0 Å². The molecule has 1 heteroatoms. The minimum Gasteiger partial charge on any atom is -0.393 e. The second kappa shape index (κ2) is 4.45. The van der Waals surface area contributed by atoms with Crippen LogP contribution in [-0.4, -0.2) is 11.2 Å². The third-order valence-electron chi connectivity index (χ3n) is 3.12. The summed E-state index contributed by atoms with van der Waals surface area (Å²) >= 11 is 0. The first-order chi connectivity index (χ1) is 5.99. The fourth-order valence-electron chi connectivity index (χ4n) is 2.25. The van der Waals surface area contributed by atoms with Gasteiger partial charge in [0.1, 0.15) is 0 Å². The normalized spacial score (nSPS) is 29.5. The molecule has 1 aliphatic rings. The number of aliphatic hydroxyl groups excluding tert-OH is 1. The number of hydrogen-bond acceptors (Lipinski definition) is 1. The molecule has 0 aromatic carbocycles. The second-order valence-corrected chi connectivity index (χ2v) is 5.71. The Morgan fingerprint density at radius 1 is 1.23 bits per heavy atom. The highest BCUT2D eigenvalue weighted by Gasteiger charge is 2.24. The molecule has 13 heavy (non-hydrogen) atoms. The summed E-state index contributed by atoms with van der Waals surface area (Å²) < 4.78 is 0. The van der Waals surface area contributed by atoms with Gasteiger partial charge in [-0.3, -0.25) is 0 Å². The van der Waals surface area contributed by atoms with Gasteiger partial charge in [0.15, 0.2) is 0 Å². The molecule has 0 saturated heterocycles. The van der Waals surface area contributed by atoms with E-state index in [4.69, 9.17) is 0 Å². The average molecular weight is 184 g/mol. The van der Waals surface area contributed by atoms with Gasteiger partial charge in [-0.25, -0.2) is 0 Å². The summed E-state index contributed by atoms with van der Waals surface area (Å²) in [5, 5.41) is 9.62. The molecule has 1 fully saturated rings. The lowest BCUT2D eigenvalue weighted by Gasteiger charge is -2.20. The molecule has 0 bridgehead atoms. The van der Waals surface area contributed by atoms with Gasteiger partial charge in [-0.2, -0.15) is 0 Å². The summed E-state index contributed by atoms with van der Waals surface area (Å²) in [5.74, 6) is 0.613. The van der Waals surface area contributed by atoms with E-state index >= 15 is 0 Å². The van der Waals surface area contributed by atoms with Crippen molar-refractivity contribution in [3.05, 3.63) is 0 Å². The second-order valence-electron chi connectivity index (χ2n) is 5.71. The van der Waals surface area contributed by atoms with Crippen molar-refractivity contribution in [1.29, 1.82) is 0 Å². The highest BCUT2D eigenvalue weighted by Crippen LogP contribution is 2.31. The Labute approximate surface area is 82.5 Å². The molecule has 0 aromatic rings. The highest BCUT2D eigenvalue weighted by molar-refractivity contribution is 4.77. The molecule has 1 N–H and O–H groups in total. The van der Waals surface area contributed by atoms with Crippen LogP contribution < -0.4 is 0 Å². The predicted molar refractivity (Wildman–Crippen MR) is 56.7 cm³/mol. The first kappa shape index (κ1) is 11.0. The van der Waals surface area contributed by atoms with Crippen molar-refractivity contribution in [2.75, 3.05) is 0 Å². The molecule has 0 spiro atoms. The summed E-state index contributed by atoms with van der Waals surface area (Å²) in [6.45, 7) is 6.87. The Bertz CT molecular complexity index is 146. The molecule has 0 radical (unpaired) electrons. The Hall–Kier alpha value is -0.0400. The minimum absolute atomic E-state index is 0.0139. The zero-order chi connectivity index (χ0) is 9.90. The van der Waals surface area contributed by atoms with E-state index in [2.05, 4.69) is 20.8 Å². The third-order valence-corrected chi connectivity index (χ3v) is 3.12. The van der Waals surface area contributed by atoms with E-state index in [1.165, 1.54) is 32.1 Å². The van der Waals surface area contributed by atoms with Crippen molar-refractivity contribution in [2.45, 2.75) is 65.4 Å². The maximum Gasteiger partial charge on any atom is 0.0568 e. The summed E-state index contributed by atoms with van der Waals surface area (Å²) in [4.78, 5) is 0. The number of hydrogen-bond donors (Lipinski definition) is 1. The van der Waals surface area contributed by atoms with Crippen LogP contribution in [0.15, 0.2) is 0 Å². The van der Waals surface area contributed by atoms with E-state index in [1.807, 2.05) is 0 Å². The maximum absolute atomic E-state index is 9.62. The molecule has 0 heterocycles. The Balaban J connectivity index is 2.12. The van der Waals surface area contributed by atoms with Crippen molar-refractivity contribution in [3.63, 3.8) is 0 Å². The van der Waals surface area contributed by atoms with Crippen LogP contribution in [0, 0.1) is 11.3 Å². The van der Waals surface area contributed by atoms with E-state index in [0.717, 1.165) is 6.42 Å². The van der Waals surface area contributed by atoms with Gasteiger partial charge in [0.2, 0.25) is 0 Å². The zero-order valence-corrected chi connectivity index (χ0v) is 9.34. The molecule has 78 valence electrons. The predicted octanol–water partition coefficient (Wildman–Crippen LogP) is 3.36. The Morgan fingerprint density at radius 2 is 1.92 bits per heavy atom. The third kappa shape index (κ3) is 4.12. The number of rotatable bonds is 3. The zero-order valence-electron chi connectivity index (χ0n) is 9.34. The molecule has 0 aliphatic heterocycles. The molecule has 2 atom stereocenters. The molecule has 0 amide bonds. The topological polar surface area (TPSA) is 20.2 Å². The largest absolute Gasteiger partial charge is 0.393 e. The molecule has 1 rings (SSSR count). The molecule has 1 aliphatic carbocycles. The quantitative estimate of drug-likeness (QED) is 0.713. The van der Waals surface area contributed by atoms with Crippen LogP contribution in [0.2, 0.25) is 0 Å².